The van der Waals surface area contributed by atoms with E-state index in [0.29, 0.717) is 5.56 Å². The van der Waals surface area contributed by atoms with Gasteiger partial charge in [-0.1, -0.05) is 43.0 Å². The summed E-state index contributed by atoms with van der Waals surface area (Å²) < 4.78 is 8.70. The molecular formula is C28H20I3O2S+. The number of carbonyl (C=O) groups is 1. The summed E-state index contributed by atoms with van der Waals surface area (Å²) in [5, 5.41) is 0. The number of benzene rings is 4. The average Bonchev–Trinajstić information content (AvgIpc) is 2.87. The zero-order valence-electron chi connectivity index (χ0n) is 18.0. The summed E-state index contributed by atoms with van der Waals surface area (Å²) in [7, 11) is -0.224. The van der Waals surface area contributed by atoms with Gasteiger partial charge in [0.2, 0.25) is 0 Å². The molecule has 4 aromatic carbocycles. The second-order valence-corrected chi connectivity index (χ2v) is 12.7. The van der Waals surface area contributed by atoms with Crippen molar-refractivity contribution in [2.75, 3.05) is 0 Å². The Hall–Kier alpha value is -1.37. The molecule has 0 N–H and O–H groups in total. The van der Waals surface area contributed by atoms with Crippen LogP contribution in [0.3, 0.4) is 0 Å². The zero-order valence-corrected chi connectivity index (χ0v) is 25.2. The van der Waals surface area contributed by atoms with E-state index in [4.69, 9.17) is 4.74 Å². The van der Waals surface area contributed by atoms with Gasteiger partial charge in [-0.2, -0.15) is 0 Å². The fraction of sp³-hybridized carbons (Fsp3) is 0.0357. The molecular weight excluding hydrogens is 781 g/mol. The molecule has 0 bridgehead atoms. The van der Waals surface area contributed by atoms with Gasteiger partial charge in [-0.3, -0.25) is 0 Å². The molecule has 0 fully saturated rings. The van der Waals surface area contributed by atoms with E-state index in [1.165, 1.54) is 14.7 Å². The first-order chi connectivity index (χ1) is 16.5. The van der Waals surface area contributed by atoms with E-state index < -0.39 is 6.10 Å². The van der Waals surface area contributed by atoms with Crippen molar-refractivity contribution in [3.63, 3.8) is 0 Å². The normalized spacial score (nSPS) is 11.8. The molecule has 6 heteroatoms. The molecule has 0 aliphatic carbocycles. The molecule has 0 radical (unpaired) electrons. The van der Waals surface area contributed by atoms with E-state index in [0.717, 1.165) is 16.3 Å². The van der Waals surface area contributed by atoms with E-state index in [2.05, 4.69) is 135 Å². The summed E-state index contributed by atoms with van der Waals surface area (Å²) in [5.74, 6) is -0.338. The van der Waals surface area contributed by atoms with Gasteiger partial charge in [0.15, 0.2) is 14.7 Å². The minimum Gasteiger partial charge on any atom is -0.450 e. The highest BCUT2D eigenvalue weighted by Gasteiger charge is 2.29. The molecule has 0 amide bonds. The largest absolute Gasteiger partial charge is 0.450 e. The number of ether oxygens (including phenoxy) is 1. The van der Waals surface area contributed by atoms with Gasteiger partial charge in [-0.05, 0) is 140 Å². The number of rotatable bonds is 7. The Kier molecular flexibility index (Phi) is 9.11. The summed E-state index contributed by atoms with van der Waals surface area (Å²) in [6.45, 7) is 3.92. The van der Waals surface area contributed by atoms with Gasteiger partial charge in [0, 0.05) is 10.7 Å². The monoisotopic (exact) mass is 801 g/mol. The first kappa shape index (κ1) is 25.7. The number of hydrogen-bond acceptors (Lipinski definition) is 2. The van der Waals surface area contributed by atoms with E-state index in [9.17, 15) is 4.79 Å². The fourth-order valence-electron chi connectivity index (χ4n) is 3.46. The molecule has 0 aliphatic heterocycles. The number of esters is 1. The Morgan fingerprint density at radius 3 is 1.76 bits per heavy atom. The molecule has 0 saturated carbocycles. The van der Waals surface area contributed by atoms with Crippen molar-refractivity contribution >= 4 is 84.6 Å². The molecule has 170 valence electrons. The van der Waals surface area contributed by atoms with E-state index in [1.54, 1.807) is 6.08 Å². The third-order valence-corrected chi connectivity index (χ3v) is 11.3. The highest BCUT2D eigenvalue weighted by Crippen LogP contribution is 2.33. The third kappa shape index (κ3) is 5.88. The molecule has 1 unspecified atom stereocenters. The molecule has 4 aromatic rings. The van der Waals surface area contributed by atoms with Crippen LogP contribution in [0, 0.1) is 10.7 Å². The first-order valence-electron chi connectivity index (χ1n) is 10.4. The van der Waals surface area contributed by atoms with Crippen LogP contribution < -0.4 is 0 Å². The van der Waals surface area contributed by atoms with Crippen molar-refractivity contribution in [3.05, 3.63) is 132 Å². The zero-order chi connectivity index (χ0) is 24.1. The third-order valence-electron chi connectivity index (χ3n) is 5.10. The topological polar surface area (TPSA) is 26.3 Å². The summed E-state index contributed by atoms with van der Waals surface area (Å²) in [6.07, 6.45) is 1.15. The van der Waals surface area contributed by atoms with E-state index in [-0.39, 0.29) is 16.9 Å². The van der Waals surface area contributed by atoms with Crippen molar-refractivity contribution in [2.24, 2.45) is 0 Å². The lowest BCUT2D eigenvalue weighted by atomic mass is 10.1. The summed E-state index contributed by atoms with van der Waals surface area (Å²) >= 11 is 6.62. The maximum atomic E-state index is 13.0. The van der Waals surface area contributed by atoms with Crippen LogP contribution in [0.2, 0.25) is 0 Å². The molecule has 1 atom stereocenters. The Labute approximate surface area is 244 Å². The van der Waals surface area contributed by atoms with Crippen molar-refractivity contribution in [2.45, 2.75) is 20.8 Å². The quantitative estimate of drug-likeness (QED) is 0.0616. The van der Waals surface area contributed by atoms with Gasteiger partial charge >= 0.3 is 5.97 Å². The Morgan fingerprint density at radius 1 is 0.735 bits per heavy atom. The molecule has 0 saturated heterocycles. The van der Waals surface area contributed by atoms with Crippen molar-refractivity contribution < 1.29 is 9.53 Å². The molecule has 0 aromatic heterocycles. The van der Waals surface area contributed by atoms with Gasteiger partial charge in [0.1, 0.15) is 6.10 Å². The van der Waals surface area contributed by atoms with Gasteiger partial charge < -0.3 is 4.74 Å². The second-order valence-electron chi connectivity index (χ2n) is 7.28. The Bertz CT molecular complexity index is 1250. The lowest BCUT2D eigenvalue weighted by Crippen LogP contribution is -2.14. The second kappa shape index (κ2) is 12.0. The molecule has 2 nitrogen and oxygen atoms in total. The van der Waals surface area contributed by atoms with Gasteiger partial charge in [0.25, 0.3) is 0 Å². The van der Waals surface area contributed by atoms with Crippen LogP contribution in [0.4, 0.5) is 0 Å². The van der Waals surface area contributed by atoms with E-state index in [1.807, 2.05) is 36.4 Å². The van der Waals surface area contributed by atoms with Crippen LogP contribution in [-0.2, 0) is 15.6 Å². The van der Waals surface area contributed by atoms with Crippen molar-refractivity contribution in [3.8, 4) is 0 Å². The van der Waals surface area contributed by atoms with Crippen molar-refractivity contribution in [1.82, 2.24) is 0 Å². The molecule has 34 heavy (non-hydrogen) atoms. The van der Waals surface area contributed by atoms with Crippen LogP contribution in [0.5, 0.6) is 0 Å². The Balaban J connectivity index is 1.62. The minimum absolute atomic E-state index is 0.224. The molecule has 0 heterocycles. The SMILES string of the molecule is C=CC(OC(=O)c1c(I)ccc(I)c1I)c1ccc([S+](c2ccccc2)c2ccccc2)cc1. The smallest absolute Gasteiger partial charge is 0.341 e. The summed E-state index contributed by atoms with van der Waals surface area (Å²) in [4.78, 5) is 16.8. The molecule has 0 aliphatic rings. The van der Waals surface area contributed by atoms with Gasteiger partial charge in [0.05, 0.1) is 16.5 Å². The first-order valence-corrected chi connectivity index (χ1v) is 14.9. The molecule has 4 rings (SSSR count). The number of hydrogen-bond donors (Lipinski definition) is 0. The van der Waals surface area contributed by atoms with Gasteiger partial charge in [-0.15, -0.1) is 0 Å². The Morgan fingerprint density at radius 2 is 1.24 bits per heavy atom. The molecule has 0 spiro atoms. The summed E-state index contributed by atoms with van der Waals surface area (Å²) in [6, 6.07) is 33.3. The van der Waals surface area contributed by atoms with Crippen LogP contribution in [0.15, 0.2) is 124 Å². The number of carbonyl (C=O) groups excluding carboxylic acids is 1. The fourth-order valence-corrected chi connectivity index (χ4v) is 7.86. The van der Waals surface area contributed by atoms with Crippen LogP contribution in [0.1, 0.15) is 22.0 Å². The van der Waals surface area contributed by atoms with Crippen molar-refractivity contribution in [1.29, 1.82) is 0 Å². The lowest BCUT2D eigenvalue weighted by Gasteiger charge is -2.17. The predicted molar refractivity (Wildman–Crippen MR) is 164 cm³/mol. The van der Waals surface area contributed by atoms with Crippen LogP contribution in [0.25, 0.3) is 0 Å². The standard InChI is InChI=1S/C28H20I3O2S/c1-2-25(33-28(32)26-23(29)17-18-24(30)27(26)31)19-13-15-22(16-14-19)34(20-9-5-3-6-10-20)21-11-7-4-8-12-21/h2-18,25H,1H2/q+1. The van der Waals surface area contributed by atoms with E-state index >= 15 is 0 Å². The predicted octanol–water partition coefficient (Wildman–Crippen LogP) is 8.68. The highest BCUT2D eigenvalue weighted by molar-refractivity contribution is 14.1. The maximum absolute atomic E-state index is 13.0. The number of halogens is 3. The maximum Gasteiger partial charge on any atom is 0.341 e. The average molecular weight is 801 g/mol. The van der Waals surface area contributed by atoms with Crippen LogP contribution in [-0.4, -0.2) is 5.97 Å². The minimum atomic E-state index is -0.527. The highest BCUT2D eigenvalue weighted by atomic mass is 127. The lowest BCUT2D eigenvalue weighted by molar-refractivity contribution is 0.0389. The summed E-state index contributed by atoms with van der Waals surface area (Å²) in [5.41, 5.74) is 1.50. The van der Waals surface area contributed by atoms with Gasteiger partial charge in [-0.25, -0.2) is 4.79 Å². The van der Waals surface area contributed by atoms with Crippen LogP contribution >= 0.6 is 67.8 Å².